The van der Waals surface area contributed by atoms with E-state index < -0.39 is 0 Å². The van der Waals surface area contributed by atoms with Gasteiger partial charge in [-0.15, -0.1) is 12.4 Å². The lowest BCUT2D eigenvalue weighted by Gasteiger charge is -2.11. The fourth-order valence-corrected chi connectivity index (χ4v) is 3.04. The van der Waals surface area contributed by atoms with Crippen LogP contribution in [-0.4, -0.2) is 23.0 Å². The van der Waals surface area contributed by atoms with E-state index in [0.29, 0.717) is 27.8 Å². The molecule has 0 aliphatic heterocycles. The maximum atomic E-state index is 12.7. The standard InChI is InChI=1S/C21H16ClN3O2.ClH/c1-27-19-9-5-2-6-14(19)21(26)25-18-12-13(10-11-15(18)22)20-23-16-7-3-4-8-17(16)24-20;/h2-12H,1H3,(H,23,24)(H,25,26);1H. The molecule has 0 aliphatic rings. The zero-order valence-electron chi connectivity index (χ0n) is 14.9. The van der Waals surface area contributed by atoms with Gasteiger partial charge in [0.15, 0.2) is 0 Å². The first-order chi connectivity index (χ1) is 13.2. The Bertz CT molecular complexity index is 1110. The molecular formula is C21H17Cl2N3O2. The van der Waals surface area contributed by atoms with Gasteiger partial charge >= 0.3 is 0 Å². The average molecular weight is 414 g/mol. The van der Waals surface area contributed by atoms with Gasteiger partial charge in [-0.05, 0) is 42.5 Å². The zero-order valence-corrected chi connectivity index (χ0v) is 16.5. The summed E-state index contributed by atoms with van der Waals surface area (Å²) in [7, 11) is 1.53. The molecule has 0 atom stereocenters. The maximum absolute atomic E-state index is 12.7. The Labute approximate surface area is 173 Å². The number of methoxy groups -OCH3 is 1. The Balaban J connectivity index is 0.00000225. The molecule has 3 aromatic carbocycles. The van der Waals surface area contributed by atoms with Gasteiger partial charge in [0.05, 0.1) is 34.4 Å². The fraction of sp³-hybridized carbons (Fsp3) is 0.0476. The molecule has 5 nitrogen and oxygen atoms in total. The molecule has 0 spiro atoms. The van der Waals surface area contributed by atoms with E-state index in [1.54, 1.807) is 30.3 Å². The summed E-state index contributed by atoms with van der Waals surface area (Å²) in [6.07, 6.45) is 0. The molecule has 1 aromatic heterocycles. The summed E-state index contributed by atoms with van der Waals surface area (Å²) in [6, 6.07) is 20.2. The molecule has 2 N–H and O–H groups in total. The molecule has 142 valence electrons. The quantitative estimate of drug-likeness (QED) is 0.459. The van der Waals surface area contributed by atoms with E-state index in [0.717, 1.165) is 16.6 Å². The third-order valence-electron chi connectivity index (χ3n) is 4.23. The van der Waals surface area contributed by atoms with Gasteiger partial charge in [-0.25, -0.2) is 4.98 Å². The van der Waals surface area contributed by atoms with Crippen molar-refractivity contribution in [1.82, 2.24) is 9.97 Å². The number of carbonyl (C=O) groups is 1. The Morgan fingerprint density at radius 2 is 1.82 bits per heavy atom. The highest BCUT2D eigenvalue weighted by molar-refractivity contribution is 6.34. The summed E-state index contributed by atoms with van der Waals surface area (Å²) in [5.74, 6) is 0.913. The molecule has 0 aliphatic carbocycles. The summed E-state index contributed by atoms with van der Waals surface area (Å²) in [6.45, 7) is 0. The van der Waals surface area contributed by atoms with Crippen molar-refractivity contribution in [3.63, 3.8) is 0 Å². The summed E-state index contributed by atoms with van der Waals surface area (Å²) < 4.78 is 5.25. The number of halogens is 2. The van der Waals surface area contributed by atoms with Crippen molar-refractivity contribution in [1.29, 1.82) is 0 Å². The number of benzene rings is 3. The van der Waals surface area contributed by atoms with Crippen LogP contribution in [-0.2, 0) is 0 Å². The van der Waals surface area contributed by atoms with Crippen LogP contribution in [0.3, 0.4) is 0 Å². The lowest BCUT2D eigenvalue weighted by Crippen LogP contribution is -2.13. The van der Waals surface area contributed by atoms with Crippen LogP contribution in [0.15, 0.2) is 66.7 Å². The van der Waals surface area contributed by atoms with Crippen molar-refractivity contribution < 1.29 is 9.53 Å². The van der Waals surface area contributed by atoms with Gasteiger partial charge < -0.3 is 15.0 Å². The molecule has 28 heavy (non-hydrogen) atoms. The second-order valence-corrected chi connectivity index (χ2v) is 6.36. The first-order valence-electron chi connectivity index (χ1n) is 8.35. The summed E-state index contributed by atoms with van der Waals surface area (Å²) >= 11 is 6.29. The second kappa shape index (κ2) is 8.33. The number of ether oxygens (including phenoxy) is 1. The minimum absolute atomic E-state index is 0. The van der Waals surface area contributed by atoms with Crippen LogP contribution in [0.5, 0.6) is 5.75 Å². The van der Waals surface area contributed by atoms with Gasteiger partial charge in [-0.1, -0.05) is 35.9 Å². The largest absolute Gasteiger partial charge is 0.496 e. The van der Waals surface area contributed by atoms with Gasteiger partial charge in [-0.2, -0.15) is 0 Å². The third-order valence-corrected chi connectivity index (χ3v) is 4.56. The third kappa shape index (κ3) is 3.81. The molecule has 4 aromatic rings. The van der Waals surface area contributed by atoms with Crippen LogP contribution >= 0.6 is 24.0 Å². The highest BCUT2D eigenvalue weighted by Crippen LogP contribution is 2.29. The molecule has 0 unspecified atom stereocenters. The van der Waals surface area contributed by atoms with Gasteiger partial charge in [0, 0.05) is 5.56 Å². The lowest BCUT2D eigenvalue weighted by atomic mass is 10.1. The Hall–Kier alpha value is -3.02. The smallest absolute Gasteiger partial charge is 0.259 e. The monoisotopic (exact) mass is 413 g/mol. The first-order valence-corrected chi connectivity index (χ1v) is 8.72. The number of fused-ring (bicyclic) bond motifs is 1. The van der Waals surface area contributed by atoms with Crippen LogP contribution in [0.25, 0.3) is 22.4 Å². The number of hydrogen-bond donors (Lipinski definition) is 2. The number of nitrogens with zero attached hydrogens (tertiary/aromatic N) is 1. The van der Waals surface area contributed by atoms with Crippen LogP contribution in [0.2, 0.25) is 5.02 Å². The number of para-hydroxylation sites is 3. The first kappa shape index (κ1) is 19.7. The molecular weight excluding hydrogens is 397 g/mol. The van der Waals surface area contributed by atoms with E-state index in [4.69, 9.17) is 16.3 Å². The summed E-state index contributed by atoms with van der Waals surface area (Å²) in [5.41, 5.74) is 3.59. The molecule has 0 bridgehead atoms. The molecule has 1 amide bonds. The molecule has 0 saturated carbocycles. The number of carbonyl (C=O) groups excluding carboxylic acids is 1. The predicted molar refractivity (Wildman–Crippen MR) is 115 cm³/mol. The zero-order chi connectivity index (χ0) is 18.8. The fourth-order valence-electron chi connectivity index (χ4n) is 2.88. The number of rotatable bonds is 4. The molecule has 4 rings (SSSR count). The Morgan fingerprint density at radius 1 is 1.07 bits per heavy atom. The molecule has 1 heterocycles. The highest BCUT2D eigenvalue weighted by atomic mass is 35.5. The van der Waals surface area contributed by atoms with Crippen molar-refractivity contribution in [2.24, 2.45) is 0 Å². The number of amides is 1. The SMILES string of the molecule is COc1ccccc1C(=O)Nc1cc(-c2nc3ccccc3[nH]2)ccc1Cl.Cl. The maximum Gasteiger partial charge on any atom is 0.259 e. The number of H-pyrrole nitrogens is 1. The van der Waals surface area contributed by atoms with Crippen molar-refractivity contribution in [3.8, 4) is 17.1 Å². The van der Waals surface area contributed by atoms with E-state index in [1.807, 2.05) is 36.4 Å². The van der Waals surface area contributed by atoms with Crippen LogP contribution in [0.4, 0.5) is 5.69 Å². The lowest BCUT2D eigenvalue weighted by molar-refractivity contribution is 0.102. The Morgan fingerprint density at radius 3 is 2.61 bits per heavy atom. The molecule has 7 heteroatoms. The number of aromatic nitrogens is 2. The highest BCUT2D eigenvalue weighted by Gasteiger charge is 2.14. The van der Waals surface area contributed by atoms with E-state index in [1.165, 1.54) is 7.11 Å². The van der Waals surface area contributed by atoms with Crippen LogP contribution in [0.1, 0.15) is 10.4 Å². The predicted octanol–water partition coefficient (Wildman–Crippen LogP) is 5.57. The number of imidazole rings is 1. The van der Waals surface area contributed by atoms with Gasteiger partial charge in [0.25, 0.3) is 5.91 Å². The van der Waals surface area contributed by atoms with Crippen LogP contribution < -0.4 is 10.1 Å². The van der Waals surface area contributed by atoms with Gasteiger partial charge in [0.1, 0.15) is 11.6 Å². The van der Waals surface area contributed by atoms with Crippen LogP contribution in [0, 0.1) is 0 Å². The topological polar surface area (TPSA) is 67.0 Å². The number of hydrogen-bond acceptors (Lipinski definition) is 3. The van der Waals surface area contributed by atoms with E-state index in [9.17, 15) is 4.79 Å². The minimum atomic E-state index is -0.295. The van der Waals surface area contributed by atoms with Crippen molar-refractivity contribution in [2.45, 2.75) is 0 Å². The second-order valence-electron chi connectivity index (χ2n) is 5.95. The molecule has 0 radical (unpaired) electrons. The number of aromatic amines is 1. The molecule has 0 saturated heterocycles. The number of nitrogens with one attached hydrogen (secondary N) is 2. The van der Waals surface area contributed by atoms with E-state index in [-0.39, 0.29) is 18.3 Å². The van der Waals surface area contributed by atoms with E-state index in [2.05, 4.69) is 15.3 Å². The average Bonchev–Trinajstić information content (AvgIpc) is 3.13. The normalized spacial score (nSPS) is 10.4. The van der Waals surface area contributed by atoms with Gasteiger partial charge in [-0.3, -0.25) is 4.79 Å². The van der Waals surface area contributed by atoms with E-state index >= 15 is 0 Å². The number of anilines is 1. The summed E-state index contributed by atoms with van der Waals surface area (Å²) in [5, 5.41) is 3.30. The van der Waals surface area contributed by atoms with Crippen molar-refractivity contribution in [3.05, 3.63) is 77.3 Å². The minimum Gasteiger partial charge on any atom is -0.496 e. The Kier molecular flexibility index (Phi) is 5.87. The van der Waals surface area contributed by atoms with Crippen molar-refractivity contribution >= 4 is 46.6 Å². The molecule has 0 fully saturated rings. The van der Waals surface area contributed by atoms with Gasteiger partial charge in [0.2, 0.25) is 0 Å². The summed E-state index contributed by atoms with van der Waals surface area (Å²) in [4.78, 5) is 20.5. The van der Waals surface area contributed by atoms with Crippen molar-refractivity contribution in [2.75, 3.05) is 12.4 Å².